The minimum absolute atomic E-state index is 0.201. The van der Waals surface area contributed by atoms with Gasteiger partial charge in [-0.05, 0) is 66.6 Å². The van der Waals surface area contributed by atoms with Crippen LogP contribution in [0.1, 0.15) is 30.4 Å². The van der Waals surface area contributed by atoms with Gasteiger partial charge in [0.15, 0.2) is 0 Å². The Morgan fingerprint density at radius 3 is 2.44 bits per heavy atom. The number of halogens is 1. The van der Waals surface area contributed by atoms with Crippen LogP contribution in [0.15, 0.2) is 48.5 Å². The van der Waals surface area contributed by atoms with Gasteiger partial charge >= 0.3 is 0 Å². The number of hydrogen-bond donors (Lipinski definition) is 0. The maximum atomic E-state index is 11.8. The number of hydrogen-bond acceptors (Lipinski definition) is 3. The molecule has 2 aromatic carbocycles. The third-order valence-electron chi connectivity index (χ3n) is 4.90. The molecular formula is C22H25IN2O2. The summed E-state index contributed by atoms with van der Waals surface area (Å²) in [6.45, 7) is 4.43. The molecule has 1 saturated heterocycles. The summed E-state index contributed by atoms with van der Waals surface area (Å²) >= 11 is 1.82. The first kappa shape index (κ1) is 19.9. The molecule has 142 valence electrons. The Labute approximate surface area is 175 Å². The first-order chi connectivity index (χ1) is 13.1. The van der Waals surface area contributed by atoms with Crippen LogP contribution in [0, 0.1) is 6.92 Å². The van der Waals surface area contributed by atoms with Crippen LogP contribution in [0.2, 0.25) is 0 Å². The number of rotatable bonds is 5. The van der Waals surface area contributed by atoms with Gasteiger partial charge < -0.3 is 4.90 Å². The van der Waals surface area contributed by atoms with Crippen molar-refractivity contribution in [1.82, 2.24) is 3.28 Å². The molecule has 3 rings (SSSR count). The van der Waals surface area contributed by atoms with Crippen molar-refractivity contribution in [2.24, 2.45) is 0 Å². The van der Waals surface area contributed by atoms with Gasteiger partial charge in [-0.1, -0.05) is 30.3 Å². The van der Waals surface area contributed by atoms with Crippen LogP contribution in [0.25, 0.3) is 17.2 Å². The maximum Gasteiger partial charge on any atom is 0.279 e. The fourth-order valence-electron chi connectivity index (χ4n) is 3.43. The molecule has 2 aromatic rings. The summed E-state index contributed by atoms with van der Waals surface area (Å²) in [5.74, 6) is -0.201. The van der Waals surface area contributed by atoms with Gasteiger partial charge in [-0.2, -0.15) is 3.28 Å². The average Bonchev–Trinajstić information content (AvgIpc) is 2.72. The van der Waals surface area contributed by atoms with Gasteiger partial charge in [0.25, 0.3) is 5.91 Å². The van der Waals surface area contributed by atoms with E-state index in [1.165, 1.54) is 58.1 Å². The number of nitrogens with zero attached hydrogens (tertiary/aromatic N) is 2. The van der Waals surface area contributed by atoms with E-state index in [-0.39, 0.29) is 5.91 Å². The zero-order valence-electron chi connectivity index (χ0n) is 15.8. The van der Waals surface area contributed by atoms with Gasteiger partial charge in [0.05, 0.1) is 30.0 Å². The number of piperidine rings is 1. The lowest BCUT2D eigenvalue weighted by Crippen LogP contribution is -2.29. The molecule has 0 bridgehead atoms. The van der Waals surface area contributed by atoms with E-state index in [4.69, 9.17) is 4.84 Å². The zero-order chi connectivity index (χ0) is 19.2. The van der Waals surface area contributed by atoms with Crippen molar-refractivity contribution in [2.45, 2.75) is 26.2 Å². The lowest BCUT2D eigenvalue weighted by Gasteiger charge is -2.29. The van der Waals surface area contributed by atoms with Gasteiger partial charge in [-0.15, -0.1) is 0 Å². The van der Waals surface area contributed by atoms with E-state index in [2.05, 4.69) is 48.2 Å². The monoisotopic (exact) mass is 476 g/mol. The van der Waals surface area contributed by atoms with Crippen LogP contribution >= 0.6 is 22.9 Å². The number of carbonyl (C=O) groups is 1. The van der Waals surface area contributed by atoms with Crippen molar-refractivity contribution in [3.63, 3.8) is 0 Å². The highest BCUT2D eigenvalue weighted by Crippen LogP contribution is 2.28. The smallest absolute Gasteiger partial charge is 0.279 e. The molecule has 0 unspecified atom stereocenters. The number of benzene rings is 2. The minimum atomic E-state index is -0.201. The lowest BCUT2D eigenvalue weighted by molar-refractivity contribution is -0.140. The predicted molar refractivity (Wildman–Crippen MR) is 120 cm³/mol. The van der Waals surface area contributed by atoms with Gasteiger partial charge in [0, 0.05) is 24.9 Å². The molecular weight excluding hydrogens is 451 g/mol. The first-order valence-electron chi connectivity index (χ1n) is 9.26. The van der Waals surface area contributed by atoms with E-state index in [0.717, 1.165) is 18.7 Å². The van der Waals surface area contributed by atoms with Gasteiger partial charge in [-0.25, -0.2) is 0 Å². The predicted octanol–water partition coefficient (Wildman–Crippen LogP) is 5.41. The van der Waals surface area contributed by atoms with E-state index in [0.29, 0.717) is 0 Å². The Balaban J connectivity index is 1.73. The third-order valence-corrected chi connectivity index (χ3v) is 5.77. The first-order valence-corrected chi connectivity index (χ1v) is 10.2. The number of anilines is 1. The van der Waals surface area contributed by atoms with Gasteiger partial charge in [0.1, 0.15) is 0 Å². The fourth-order valence-corrected chi connectivity index (χ4v) is 3.60. The Bertz CT molecular complexity index is 812. The summed E-state index contributed by atoms with van der Waals surface area (Å²) < 4.78 is 1.17. The van der Waals surface area contributed by atoms with Crippen LogP contribution in [-0.4, -0.2) is 29.4 Å². The largest absolute Gasteiger partial charge is 0.372 e. The van der Waals surface area contributed by atoms with Crippen LogP contribution < -0.4 is 4.90 Å². The summed E-state index contributed by atoms with van der Waals surface area (Å²) in [5.41, 5.74) is 5.94. The van der Waals surface area contributed by atoms with Crippen molar-refractivity contribution in [3.05, 3.63) is 59.7 Å². The Morgan fingerprint density at radius 1 is 1.11 bits per heavy atom. The second-order valence-corrected chi connectivity index (χ2v) is 7.64. The topological polar surface area (TPSA) is 32.8 Å². The van der Waals surface area contributed by atoms with E-state index >= 15 is 0 Å². The van der Waals surface area contributed by atoms with E-state index in [1.807, 2.05) is 35.0 Å². The normalized spacial score (nSPS) is 14.6. The van der Waals surface area contributed by atoms with Gasteiger partial charge in [-0.3, -0.25) is 9.63 Å². The van der Waals surface area contributed by atoms with E-state index in [9.17, 15) is 4.79 Å². The van der Waals surface area contributed by atoms with Crippen molar-refractivity contribution >= 4 is 40.5 Å². The summed E-state index contributed by atoms with van der Waals surface area (Å²) in [6.07, 6.45) is 7.25. The Morgan fingerprint density at radius 2 is 1.81 bits per heavy atom. The molecule has 0 atom stereocenters. The highest BCUT2D eigenvalue weighted by atomic mass is 127. The summed E-state index contributed by atoms with van der Waals surface area (Å²) in [5, 5.41) is 0. The molecule has 5 heteroatoms. The van der Waals surface area contributed by atoms with Crippen molar-refractivity contribution in [3.8, 4) is 11.1 Å². The van der Waals surface area contributed by atoms with Crippen LogP contribution in [0.5, 0.6) is 0 Å². The molecule has 1 fully saturated rings. The summed E-state index contributed by atoms with van der Waals surface area (Å²) in [6, 6.07) is 15.1. The van der Waals surface area contributed by atoms with E-state index < -0.39 is 0 Å². The third kappa shape index (κ3) is 5.11. The zero-order valence-corrected chi connectivity index (χ0v) is 18.0. The molecule has 0 saturated carbocycles. The quantitative estimate of drug-likeness (QED) is 0.251. The summed E-state index contributed by atoms with van der Waals surface area (Å²) in [4.78, 5) is 19.1. The number of carbonyl (C=O) groups excluding carboxylic acids is 1. The second-order valence-electron chi connectivity index (χ2n) is 6.77. The number of aryl methyl sites for hydroxylation is 1. The molecule has 1 aliphatic heterocycles. The summed E-state index contributed by atoms with van der Waals surface area (Å²) in [7, 11) is 1.47. The number of hydroxylamine groups is 1. The highest BCUT2D eigenvalue weighted by molar-refractivity contribution is 14.1. The van der Waals surface area contributed by atoms with E-state index in [1.54, 1.807) is 0 Å². The molecule has 0 N–H and O–H groups in total. The Hall–Kier alpha value is -1.86. The average molecular weight is 476 g/mol. The molecule has 1 amide bonds. The SMILES string of the molecule is CON(I)C(=O)/C=C/c1ccc(-c2ccc(N3CCCCC3)cc2)c(C)c1. The molecule has 1 heterocycles. The molecule has 0 aliphatic carbocycles. The van der Waals surface area contributed by atoms with Crippen molar-refractivity contribution < 1.29 is 9.63 Å². The van der Waals surface area contributed by atoms with Crippen LogP contribution in [-0.2, 0) is 9.63 Å². The number of amides is 1. The second kappa shape index (κ2) is 9.37. The highest BCUT2D eigenvalue weighted by Gasteiger charge is 2.11. The molecule has 0 radical (unpaired) electrons. The molecule has 0 spiro atoms. The molecule has 1 aliphatic rings. The fraction of sp³-hybridized carbons (Fsp3) is 0.318. The van der Waals surface area contributed by atoms with Gasteiger partial charge in [0.2, 0.25) is 0 Å². The van der Waals surface area contributed by atoms with Crippen molar-refractivity contribution in [1.29, 1.82) is 0 Å². The van der Waals surface area contributed by atoms with Crippen LogP contribution in [0.4, 0.5) is 5.69 Å². The molecule has 0 aromatic heterocycles. The van der Waals surface area contributed by atoms with Crippen molar-refractivity contribution in [2.75, 3.05) is 25.1 Å². The lowest BCUT2D eigenvalue weighted by atomic mass is 9.98. The maximum absolute atomic E-state index is 11.8. The molecule has 27 heavy (non-hydrogen) atoms. The minimum Gasteiger partial charge on any atom is -0.372 e. The van der Waals surface area contributed by atoms with Crippen LogP contribution in [0.3, 0.4) is 0 Å². The Kier molecular flexibility index (Phi) is 6.90. The molecule has 4 nitrogen and oxygen atoms in total. The standard InChI is InChI=1S/C22H25IN2O2/c1-17-16-18(7-13-22(26)25(23)27-2)6-12-21(17)19-8-10-20(11-9-19)24-14-4-3-5-15-24/h6-13,16H,3-5,14-15H2,1-2H3/b13-7+.